The number of benzene rings is 1. The van der Waals surface area contributed by atoms with Gasteiger partial charge in [-0.15, -0.1) is 11.3 Å². The number of halogens is 2. The van der Waals surface area contributed by atoms with Gasteiger partial charge in [0.2, 0.25) is 0 Å². The van der Waals surface area contributed by atoms with Gasteiger partial charge in [-0.3, -0.25) is 9.59 Å². The van der Waals surface area contributed by atoms with Crippen molar-refractivity contribution in [2.24, 2.45) is 5.92 Å². The SMILES string of the molecule is O=C(NC1CC(C(=O)O)C1)c1sc2cc(Cl)ccc2c1Cl. The van der Waals surface area contributed by atoms with E-state index in [1.54, 1.807) is 18.2 Å². The van der Waals surface area contributed by atoms with Crippen LogP contribution in [0.3, 0.4) is 0 Å². The molecule has 2 N–H and O–H groups in total. The summed E-state index contributed by atoms with van der Waals surface area (Å²) in [6, 6.07) is 5.20. The number of carbonyl (C=O) groups excluding carboxylic acids is 1. The lowest BCUT2D eigenvalue weighted by Gasteiger charge is -2.32. The Morgan fingerprint density at radius 2 is 2.00 bits per heavy atom. The molecule has 7 heteroatoms. The molecule has 0 unspecified atom stereocenters. The molecule has 1 aliphatic rings. The van der Waals surface area contributed by atoms with Crippen LogP contribution in [0.25, 0.3) is 10.1 Å². The minimum absolute atomic E-state index is 0.0940. The third-order valence-corrected chi connectivity index (χ3v) is 5.51. The third kappa shape index (κ3) is 2.73. The molecule has 1 fully saturated rings. The summed E-state index contributed by atoms with van der Waals surface area (Å²) in [5, 5.41) is 13.5. The summed E-state index contributed by atoms with van der Waals surface area (Å²) < 4.78 is 0.856. The highest BCUT2D eigenvalue weighted by Crippen LogP contribution is 2.37. The van der Waals surface area contributed by atoms with Gasteiger partial charge in [0.15, 0.2) is 0 Å². The molecular formula is C14H11Cl2NO3S. The lowest BCUT2D eigenvalue weighted by molar-refractivity contribution is -0.145. The molecule has 1 amide bonds. The van der Waals surface area contributed by atoms with Gasteiger partial charge in [0.25, 0.3) is 5.91 Å². The van der Waals surface area contributed by atoms with Crippen molar-refractivity contribution < 1.29 is 14.7 Å². The molecule has 1 aromatic carbocycles. The molecule has 1 heterocycles. The Morgan fingerprint density at radius 3 is 2.67 bits per heavy atom. The Morgan fingerprint density at radius 1 is 1.29 bits per heavy atom. The van der Waals surface area contributed by atoms with Gasteiger partial charge in [0.05, 0.1) is 10.9 Å². The zero-order valence-corrected chi connectivity index (χ0v) is 13.1. The van der Waals surface area contributed by atoms with Crippen LogP contribution in [0.2, 0.25) is 10.0 Å². The number of fused-ring (bicyclic) bond motifs is 1. The molecule has 2 aromatic rings. The van der Waals surface area contributed by atoms with Crippen molar-refractivity contribution in [2.45, 2.75) is 18.9 Å². The molecule has 1 aromatic heterocycles. The van der Waals surface area contributed by atoms with Crippen LogP contribution in [0.5, 0.6) is 0 Å². The quantitative estimate of drug-likeness (QED) is 0.890. The number of hydrogen-bond donors (Lipinski definition) is 2. The lowest BCUT2D eigenvalue weighted by atomic mass is 9.80. The monoisotopic (exact) mass is 343 g/mol. The maximum Gasteiger partial charge on any atom is 0.306 e. The Kier molecular flexibility index (Phi) is 3.82. The number of thiophene rings is 1. The largest absolute Gasteiger partial charge is 0.481 e. The number of carbonyl (C=O) groups is 2. The fraction of sp³-hybridized carbons (Fsp3) is 0.286. The maximum atomic E-state index is 12.2. The van der Waals surface area contributed by atoms with Crippen LogP contribution in [0.15, 0.2) is 18.2 Å². The van der Waals surface area contributed by atoms with E-state index < -0.39 is 5.97 Å². The molecule has 0 bridgehead atoms. The minimum atomic E-state index is -0.810. The number of aliphatic carboxylic acids is 1. The van der Waals surface area contributed by atoms with Crippen LogP contribution in [0.1, 0.15) is 22.5 Å². The summed E-state index contributed by atoms with van der Waals surface area (Å²) in [4.78, 5) is 23.4. The molecule has 1 saturated carbocycles. The first-order chi connectivity index (χ1) is 9.95. The van der Waals surface area contributed by atoms with Crippen molar-refractivity contribution in [1.29, 1.82) is 0 Å². The smallest absolute Gasteiger partial charge is 0.306 e. The van der Waals surface area contributed by atoms with Crippen molar-refractivity contribution in [3.05, 3.63) is 33.1 Å². The average molecular weight is 344 g/mol. The first kappa shape index (κ1) is 14.6. The predicted octanol–water partition coefficient (Wildman–Crippen LogP) is 3.80. The summed E-state index contributed by atoms with van der Waals surface area (Å²) in [6.45, 7) is 0. The predicted molar refractivity (Wildman–Crippen MR) is 83.5 cm³/mol. The summed E-state index contributed by atoms with van der Waals surface area (Å²) in [6.07, 6.45) is 0.935. The lowest BCUT2D eigenvalue weighted by Crippen LogP contribution is -2.46. The summed E-state index contributed by atoms with van der Waals surface area (Å²) in [5.41, 5.74) is 0. The van der Waals surface area contributed by atoms with E-state index in [1.165, 1.54) is 11.3 Å². The molecule has 21 heavy (non-hydrogen) atoms. The van der Waals surface area contributed by atoms with E-state index in [4.69, 9.17) is 28.3 Å². The van der Waals surface area contributed by atoms with Crippen molar-refractivity contribution in [3.8, 4) is 0 Å². The van der Waals surface area contributed by atoms with E-state index in [1.807, 2.05) is 0 Å². The molecule has 0 spiro atoms. The Bertz CT molecular complexity index is 737. The first-order valence-corrected chi connectivity index (χ1v) is 7.94. The van der Waals surface area contributed by atoms with Crippen LogP contribution in [0.4, 0.5) is 0 Å². The second-order valence-corrected chi connectivity index (χ2v) is 6.93. The Balaban J connectivity index is 1.76. The van der Waals surface area contributed by atoms with Crippen molar-refractivity contribution in [2.75, 3.05) is 0 Å². The number of carboxylic acids is 1. The number of hydrogen-bond acceptors (Lipinski definition) is 3. The minimum Gasteiger partial charge on any atom is -0.481 e. The van der Waals surface area contributed by atoms with Gasteiger partial charge in [-0.2, -0.15) is 0 Å². The molecule has 1 aliphatic carbocycles. The van der Waals surface area contributed by atoms with Gasteiger partial charge in [0, 0.05) is 21.2 Å². The van der Waals surface area contributed by atoms with E-state index in [2.05, 4.69) is 5.32 Å². The molecule has 4 nitrogen and oxygen atoms in total. The highest BCUT2D eigenvalue weighted by molar-refractivity contribution is 7.21. The molecule has 0 radical (unpaired) electrons. The molecular weight excluding hydrogens is 333 g/mol. The van der Waals surface area contributed by atoms with Gasteiger partial charge >= 0.3 is 5.97 Å². The zero-order valence-electron chi connectivity index (χ0n) is 10.7. The highest BCUT2D eigenvalue weighted by Gasteiger charge is 2.35. The standard InChI is InChI=1S/C14H11Cl2NO3S/c15-7-1-2-9-10(5-7)21-12(11(9)16)13(18)17-8-3-6(4-8)14(19)20/h1-2,5-6,8H,3-4H2,(H,17,18)(H,19,20). The third-order valence-electron chi connectivity index (χ3n) is 3.62. The highest BCUT2D eigenvalue weighted by atomic mass is 35.5. The van der Waals surface area contributed by atoms with Crippen molar-refractivity contribution in [1.82, 2.24) is 5.32 Å². The molecule has 0 aliphatic heterocycles. The zero-order chi connectivity index (χ0) is 15.1. The van der Waals surface area contributed by atoms with Gasteiger partial charge in [-0.25, -0.2) is 0 Å². The van der Waals surface area contributed by atoms with Crippen LogP contribution >= 0.6 is 34.5 Å². The summed E-state index contributed by atoms with van der Waals surface area (Å²) in [7, 11) is 0. The number of carboxylic acid groups (broad SMARTS) is 1. The van der Waals surface area contributed by atoms with Crippen LogP contribution in [0, 0.1) is 5.92 Å². The molecule has 110 valence electrons. The van der Waals surface area contributed by atoms with Crippen molar-refractivity contribution in [3.63, 3.8) is 0 Å². The molecule has 0 saturated heterocycles. The second-order valence-electron chi connectivity index (χ2n) is 5.06. The number of rotatable bonds is 3. The van der Waals surface area contributed by atoms with Gasteiger partial charge in [-0.1, -0.05) is 29.3 Å². The van der Waals surface area contributed by atoms with E-state index in [0.717, 1.165) is 10.1 Å². The van der Waals surface area contributed by atoms with E-state index in [-0.39, 0.29) is 17.9 Å². The normalized spacial score (nSPS) is 21.0. The average Bonchev–Trinajstić information content (AvgIpc) is 2.69. The van der Waals surface area contributed by atoms with Crippen LogP contribution in [-0.4, -0.2) is 23.0 Å². The fourth-order valence-electron chi connectivity index (χ4n) is 2.37. The molecule has 0 atom stereocenters. The topological polar surface area (TPSA) is 66.4 Å². The van der Waals surface area contributed by atoms with Gasteiger partial charge < -0.3 is 10.4 Å². The van der Waals surface area contributed by atoms with Crippen molar-refractivity contribution >= 4 is 56.5 Å². The van der Waals surface area contributed by atoms with E-state index >= 15 is 0 Å². The Hall–Kier alpha value is -1.30. The maximum absolute atomic E-state index is 12.2. The van der Waals surface area contributed by atoms with E-state index in [9.17, 15) is 9.59 Å². The van der Waals surface area contributed by atoms with Crippen LogP contribution < -0.4 is 5.32 Å². The van der Waals surface area contributed by atoms with Gasteiger partial charge in [-0.05, 0) is 25.0 Å². The number of nitrogens with one attached hydrogen (secondary N) is 1. The van der Waals surface area contributed by atoms with Gasteiger partial charge in [0.1, 0.15) is 4.88 Å². The second kappa shape index (κ2) is 5.48. The van der Waals surface area contributed by atoms with Crippen LogP contribution in [-0.2, 0) is 4.79 Å². The summed E-state index contributed by atoms with van der Waals surface area (Å²) in [5.74, 6) is -1.42. The number of amides is 1. The Labute approximate surface area is 134 Å². The molecule has 3 rings (SSSR count). The first-order valence-electron chi connectivity index (χ1n) is 6.37. The fourth-order valence-corrected chi connectivity index (χ4v) is 4.07. The summed E-state index contributed by atoms with van der Waals surface area (Å²) >= 11 is 13.5. The van der Waals surface area contributed by atoms with E-state index in [0.29, 0.717) is 27.8 Å².